The highest BCUT2D eigenvalue weighted by Gasteiger charge is 2.27. The molecule has 0 amide bonds. The van der Waals surface area contributed by atoms with E-state index in [9.17, 15) is 9.59 Å². The van der Waals surface area contributed by atoms with Crippen molar-refractivity contribution >= 4 is 50.0 Å². The summed E-state index contributed by atoms with van der Waals surface area (Å²) < 4.78 is 6.84. The van der Waals surface area contributed by atoms with Gasteiger partial charge in [0.2, 0.25) is 5.04 Å². The molecule has 0 bridgehead atoms. The second kappa shape index (κ2) is 10.7. The summed E-state index contributed by atoms with van der Waals surface area (Å²) in [4.78, 5) is 33.6. The first-order chi connectivity index (χ1) is 17.5. The Hall–Kier alpha value is -3.43. The molecular formula is C27H26N4O3S2. The summed E-state index contributed by atoms with van der Waals surface area (Å²) in [6.45, 7) is 4.19. The fraction of sp³-hybridized carbons (Fsp3) is 0.259. The predicted molar refractivity (Wildman–Crippen MR) is 146 cm³/mol. The lowest BCUT2D eigenvalue weighted by Gasteiger charge is -2.18. The van der Waals surface area contributed by atoms with Crippen LogP contribution in [0.25, 0.3) is 15.9 Å². The average Bonchev–Trinajstić information content (AvgIpc) is 3.25. The van der Waals surface area contributed by atoms with E-state index >= 15 is 0 Å². The minimum Gasteiger partial charge on any atom is -0.461 e. The number of rotatable bonds is 5. The lowest BCUT2D eigenvalue weighted by Crippen LogP contribution is -2.24. The Morgan fingerprint density at radius 3 is 2.64 bits per heavy atom. The molecule has 9 heteroatoms. The fourth-order valence-electron chi connectivity index (χ4n) is 4.26. The van der Waals surface area contributed by atoms with Crippen LogP contribution >= 0.6 is 23.1 Å². The number of esters is 1. The zero-order valence-electron chi connectivity index (χ0n) is 20.1. The topological polar surface area (TPSA) is 85.6 Å². The number of fused-ring (bicyclic) bond motifs is 3. The Morgan fingerprint density at radius 1 is 1.19 bits per heavy atom. The van der Waals surface area contributed by atoms with E-state index in [2.05, 4.69) is 17.5 Å². The molecule has 5 rings (SSSR count). The van der Waals surface area contributed by atoms with Gasteiger partial charge in [0.05, 0.1) is 23.4 Å². The van der Waals surface area contributed by atoms with Gasteiger partial charge in [-0.25, -0.2) is 9.78 Å². The van der Waals surface area contributed by atoms with E-state index in [0.717, 1.165) is 42.3 Å². The molecular weight excluding hydrogens is 492 g/mol. The number of para-hydroxylation sites is 2. The number of thioether (sulfide) groups is 1. The monoisotopic (exact) mass is 518 g/mol. The molecule has 0 fully saturated rings. The summed E-state index contributed by atoms with van der Waals surface area (Å²) in [5.41, 5.74) is 5.32. The molecule has 2 aromatic heterocycles. The number of hydrazone groups is 1. The van der Waals surface area contributed by atoms with Crippen molar-refractivity contribution in [1.29, 1.82) is 0 Å². The number of carbonyl (C=O) groups excluding carboxylic acids is 1. The van der Waals surface area contributed by atoms with Crippen LogP contribution in [0.2, 0.25) is 0 Å². The maximum absolute atomic E-state index is 14.0. The van der Waals surface area contributed by atoms with Crippen LogP contribution in [0.15, 0.2) is 75.7 Å². The van der Waals surface area contributed by atoms with E-state index < -0.39 is 5.97 Å². The maximum atomic E-state index is 14.0. The number of nitrogens with zero attached hydrogens (tertiary/aromatic N) is 3. The van der Waals surface area contributed by atoms with Crippen LogP contribution < -0.4 is 11.0 Å². The van der Waals surface area contributed by atoms with Crippen LogP contribution in [0, 0.1) is 5.92 Å². The lowest BCUT2D eigenvalue weighted by molar-refractivity contribution is -0.134. The van der Waals surface area contributed by atoms with E-state index in [1.54, 1.807) is 22.8 Å². The van der Waals surface area contributed by atoms with Gasteiger partial charge in [-0.1, -0.05) is 43.3 Å². The Labute approximate surface area is 217 Å². The summed E-state index contributed by atoms with van der Waals surface area (Å²) >= 11 is 2.61. The standard InChI is InChI=1S/C27H26N4O3S2/c1-3-34-26(33)24(30-29-18-10-6-4-7-11-18)36-27-28-23-22(20-15-14-17(2)16-21(20)35-23)25(32)31(27)19-12-8-5-9-13-19/h4-13,17,29H,3,14-16H2,1-2H3/b30-24+. The van der Waals surface area contributed by atoms with Gasteiger partial charge in [-0.05, 0) is 73.7 Å². The zero-order chi connectivity index (χ0) is 25.1. The predicted octanol–water partition coefficient (Wildman–Crippen LogP) is 5.65. The number of benzene rings is 2. The maximum Gasteiger partial charge on any atom is 0.365 e. The highest BCUT2D eigenvalue weighted by Crippen LogP contribution is 2.37. The van der Waals surface area contributed by atoms with E-state index in [0.29, 0.717) is 27.0 Å². The Morgan fingerprint density at radius 2 is 1.92 bits per heavy atom. The summed E-state index contributed by atoms with van der Waals surface area (Å²) in [7, 11) is 0. The molecule has 1 aliphatic rings. The summed E-state index contributed by atoms with van der Waals surface area (Å²) in [6, 6.07) is 18.7. The van der Waals surface area contributed by atoms with Crippen molar-refractivity contribution in [3.63, 3.8) is 0 Å². The molecule has 184 valence electrons. The van der Waals surface area contributed by atoms with Crippen LogP contribution in [0.5, 0.6) is 0 Å². The summed E-state index contributed by atoms with van der Waals surface area (Å²) in [5.74, 6) is 0.00144. The summed E-state index contributed by atoms with van der Waals surface area (Å²) in [6.07, 6.45) is 2.90. The minimum atomic E-state index is -0.584. The Kier molecular flexibility index (Phi) is 7.20. The van der Waals surface area contributed by atoms with E-state index in [4.69, 9.17) is 9.72 Å². The Balaban J connectivity index is 1.64. The number of nitrogens with one attached hydrogen (secondary N) is 1. The van der Waals surface area contributed by atoms with Gasteiger partial charge in [0.1, 0.15) is 4.83 Å². The number of thiophene rings is 1. The quantitative estimate of drug-likeness (QED) is 0.0917. The highest BCUT2D eigenvalue weighted by atomic mass is 32.2. The van der Waals surface area contributed by atoms with E-state index in [-0.39, 0.29) is 17.2 Å². The first-order valence-electron chi connectivity index (χ1n) is 11.9. The number of carbonyl (C=O) groups is 1. The molecule has 7 nitrogen and oxygen atoms in total. The van der Waals surface area contributed by atoms with Gasteiger partial charge in [0.25, 0.3) is 5.56 Å². The molecule has 0 radical (unpaired) electrons. The van der Waals surface area contributed by atoms with Gasteiger partial charge in [-0.2, -0.15) is 5.10 Å². The van der Waals surface area contributed by atoms with Gasteiger partial charge >= 0.3 is 5.97 Å². The van der Waals surface area contributed by atoms with Gasteiger partial charge in [-0.15, -0.1) is 11.3 Å². The van der Waals surface area contributed by atoms with Gasteiger partial charge in [0.15, 0.2) is 5.16 Å². The first-order valence-corrected chi connectivity index (χ1v) is 13.5. The van der Waals surface area contributed by atoms with Crippen LogP contribution in [0.3, 0.4) is 0 Å². The molecule has 0 saturated heterocycles. The van der Waals surface area contributed by atoms with Crippen LogP contribution in [-0.4, -0.2) is 27.2 Å². The molecule has 2 heterocycles. The van der Waals surface area contributed by atoms with Crippen molar-refractivity contribution in [1.82, 2.24) is 9.55 Å². The number of ether oxygens (including phenoxy) is 1. The van der Waals surface area contributed by atoms with Crippen LogP contribution in [0.4, 0.5) is 5.69 Å². The molecule has 1 unspecified atom stereocenters. The Bertz CT molecular complexity index is 1480. The fourth-order valence-corrected chi connectivity index (χ4v) is 6.52. The van der Waals surface area contributed by atoms with Crippen LogP contribution in [-0.2, 0) is 22.4 Å². The molecule has 0 spiro atoms. The third kappa shape index (κ3) is 4.94. The third-order valence-corrected chi connectivity index (χ3v) is 8.07. The van der Waals surface area contributed by atoms with Crippen molar-refractivity contribution in [3.05, 3.63) is 81.5 Å². The van der Waals surface area contributed by atoms with Crippen LogP contribution in [0.1, 0.15) is 30.7 Å². The number of hydrogen-bond acceptors (Lipinski definition) is 8. The van der Waals surface area contributed by atoms with Gasteiger partial charge in [-0.3, -0.25) is 14.8 Å². The van der Waals surface area contributed by atoms with Gasteiger partial charge in [0, 0.05) is 4.88 Å². The normalized spacial score (nSPS) is 15.5. The van der Waals surface area contributed by atoms with E-state index in [1.807, 2.05) is 60.7 Å². The second-order valence-electron chi connectivity index (χ2n) is 8.62. The molecule has 0 saturated carbocycles. The smallest absolute Gasteiger partial charge is 0.365 e. The largest absolute Gasteiger partial charge is 0.461 e. The van der Waals surface area contributed by atoms with Crippen molar-refractivity contribution in [2.24, 2.45) is 11.0 Å². The van der Waals surface area contributed by atoms with E-state index in [1.165, 1.54) is 4.88 Å². The molecule has 1 aliphatic carbocycles. The molecule has 1 atom stereocenters. The number of aromatic nitrogens is 2. The zero-order valence-corrected chi connectivity index (χ0v) is 21.7. The average molecular weight is 519 g/mol. The highest BCUT2D eigenvalue weighted by molar-refractivity contribution is 8.15. The minimum absolute atomic E-state index is 0.0616. The number of anilines is 1. The van der Waals surface area contributed by atoms with Crippen molar-refractivity contribution in [3.8, 4) is 5.69 Å². The second-order valence-corrected chi connectivity index (χ2v) is 10.7. The lowest BCUT2D eigenvalue weighted by atomic mass is 9.89. The SMILES string of the molecule is CCOC(=O)/C(=N\Nc1ccccc1)Sc1nc2sc3c(c2c(=O)n1-c1ccccc1)CCC(C)C3. The molecule has 2 aromatic carbocycles. The summed E-state index contributed by atoms with van der Waals surface area (Å²) in [5, 5.41) is 5.45. The first kappa shape index (κ1) is 24.3. The third-order valence-electron chi connectivity index (χ3n) is 6.01. The van der Waals surface area contributed by atoms with Crippen molar-refractivity contribution in [2.45, 2.75) is 38.3 Å². The number of hydrogen-bond donors (Lipinski definition) is 1. The van der Waals surface area contributed by atoms with Gasteiger partial charge < -0.3 is 4.74 Å². The molecule has 1 N–H and O–H groups in total. The molecule has 36 heavy (non-hydrogen) atoms. The number of aryl methyl sites for hydroxylation is 1. The molecule has 0 aliphatic heterocycles. The molecule has 4 aromatic rings. The van der Waals surface area contributed by atoms with Crippen molar-refractivity contribution in [2.75, 3.05) is 12.0 Å². The van der Waals surface area contributed by atoms with Crippen molar-refractivity contribution < 1.29 is 9.53 Å².